The molecule has 0 aromatic heterocycles. The van der Waals surface area contributed by atoms with Crippen LogP contribution in [0.3, 0.4) is 0 Å². The van der Waals surface area contributed by atoms with Crippen LogP contribution in [0.5, 0.6) is 0 Å². The highest BCUT2D eigenvalue weighted by Gasteiger charge is 2.06. The van der Waals surface area contributed by atoms with Gasteiger partial charge < -0.3 is 4.90 Å². The predicted molar refractivity (Wildman–Crippen MR) is 45.5 cm³/mol. The number of hydrogen-bond acceptors (Lipinski definition) is 2. The molecular weight excluding hydrogens is 138 g/mol. The molecule has 3 nitrogen and oxygen atoms in total. The van der Waals surface area contributed by atoms with E-state index in [1.54, 1.807) is 0 Å². The van der Waals surface area contributed by atoms with Crippen LogP contribution in [0.4, 0.5) is 0 Å². The summed E-state index contributed by atoms with van der Waals surface area (Å²) in [6, 6.07) is 2.97. The zero-order chi connectivity index (χ0) is 8.10. The Morgan fingerprint density at radius 3 is 2.91 bits per heavy atom. The highest BCUT2D eigenvalue weighted by Crippen LogP contribution is 1.88. The van der Waals surface area contributed by atoms with E-state index in [9.17, 15) is 0 Å². The Kier molecular flexibility index (Phi) is 3.27. The topological polar surface area (TPSA) is 18.6 Å². The molecule has 0 aliphatic carbocycles. The summed E-state index contributed by atoms with van der Waals surface area (Å²) in [4.78, 5) is 6.23. The SMILES string of the molecule is CN(C)CCC[N+]1=C=NCC1. The summed E-state index contributed by atoms with van der Waals surface area (Å²) in [5, 5.41) is 0. The standard InChI is InChI=1S/C8H16N3/c1-10(2)5-3-6-11-7-4-9-8-11/h3-7H2,1-2H3/q+1. The average molecular weight is 154 g/mol. The van der Waals surface area contributed by atoms with Crippen molar-refractivity contribution in [3.05, 3.63) is 0 Å². The average Bonchev–Trinajstić information content (AvgIpc) is 2.39. The van der Waals surface area contributed by atoms with Crippen molar-refractivity contribution in [2.45, 2.75) is 6.42 Å². The van der Waals surface area contributed by atoms with Crippen LogP contribution in [0.2, 0.25) is 0 Å². The Hall–Kier alpha value is -0.660. The summed E-state index contributed by atoms with van der Waals surface area (Å²) in [5.74, 6) is 0. The van der Waals surface area contributed by atoms with Gasteiger partial charge in [0.05, 0.1) is 6.54 Å². The smallest absolute Gasteiger partial charge is 0.306 e. The monoisotopic (exact) mass is 154 g/mol. The lowest BCUT2D eigenvalue weighted by molar-refractivity contribution is -0.514. The maximum absolute atomic E-state index is 4.02. The van der Waals surface area contributed by atoms with Gasteiger partial charge in [-0.2, -0.15) is 0 Å². The van der Waals surface area contributed by atoms with Gasteiger partial charge in [-0.3, -0.25) is 0 Å². The van der Waals surface area contributed by atoms with Crippen molar-refractivity contribution < 1.29 is 4.58 Å². The molecule has 11 heavy (non-hydrogen) atoms. The molecule has 0 aromatic carbocycles. The Morgan fingerprint density at radius 1 is 1.55 bits per heavy atom. The summed E-state index contributed by atoms with van der Waals surface area (Å²) >= 11 is 0. The van der Waals surface area contributed by atoms with Gasteiger partial charge in [-0.05, 0) is 25.5 Å². The van der Waals surface area contributed by atoms with Crippen molar-refractivity contribution in [2.24, 2.45) is 4.99 Å². The molecular formula is C8H16N3+. The minimum Gasteiger partial charge on any atom is -0.309 e. The van der Waals surface area contributed by atoms with E-state index in [1.807, 2.05) is 0 Å². The van der Waals surface area contributed by atoms with Gasteiger partial charge >= 0.3 is 6.01 Å². The van der Waals surface area contributed by atoms with Gasteiger partial charge in [-0.15, -0.1) is 0 Å². The second-order valence-corrected chi connectivity index (χ2v) is 3.13. The molecule has 0 N–H and O–H groups in total. The van der Waals surface area contributed by atoms with Crippen LogP contribution in [0, 0.1) is 0 Å². The molecule has 0 saturated carbocycles. The summed E-state index contributed by atoms with van der Waals surface area (Å²) in [6.07, 6.45) is 1.20. The molecule has 0 spiro atoms. The third-order valence-electron chi connectivity index (χ3n) is 1.73. The summed E-state index contributed by atoms with van der Waals surface area (Å²) in [5.41, 5.74) is 0. The fourth-order valence-electron chi connectivity index (χ4n) is 1.11. The first-order valence-corrected chi connectivity index (χ1v) is 4.11. The van der Waals surface area contributed by atoms with E-state index in [4.69, 9.17) is 0 Å². The van der Waals surface area contributed by atoms with Crippen molar-refractivity contribution in [3.8, 4) is 0 Å². The summed E-state index contributed by atoms with van der Waals surface area (Å²) in [6.45, 7) is 4.25. The van der Waals surface area contributed by atoms with Gasteiger partial charge in [0.25, 0.3) is 0 Å². The van der Waals surface area contributed by atoms with Crippen LogP contribution < -0.4 is 0 Å². The Labute approximate surface area is 68.0 Å². The molecule has 0 saturated heterocycles. The van der Waals surface area contributed by atoms with Crippen LogP contribution in [-0.4, -0.2) is 55.8 Å². The maximum Gasteiger partial charge on any atom is 0.306 e. The van der Waals surface area contributed by atoms with Gasteiger partial charge in [0.1, 0.15) is 6.54 Å². The van der Waals surface area contributed by atoms with E-state index in [0.29, 0.717) is 0 Å². The lowest BCUT2D eigenvalue weighted by Crippen LogP contribution is -2.19. The molecule has 1 rings (SSSR count). The van der Waals surface area contributed by atoms with Gasteiger partial charge in [-0.1, -0.05) is 0 Å². The molecule has 0 radical (unpaired) electrons. The van der Waals surface area contributed by atoms with E-state index in [0.717, 1.165) is 26.2 Å². The van der Waals surface area contributed by atoms with E-state index < -0.39 is 0 Å². The first-order valence-electron chi connectivity index (χ1n) is 4.11. The Bertz CT molecular complexity index is 178. The Balaban J connectivity index is 2.08. The fraction of sp³-hybridized carbons (Fsp3) is 0.875. The minimum atomic E-state index is 0.933. The minimum absolute atomic E-state index is 0.933. The van der Waals surface area contributed by atoms with Crippen LogP contribution in [0.25, 0.3) is 0 Å². The molecule has 0 aromatic rings. The molecule has 0 fully saturated rings. The van der Waals surface area contributed by atoms with E-state index in [1.165, 1.54) is 6.42 Å². The van der Waals surface area contributed by atoms with Gasteiger partial charge in [0.15, 0.2) is 6.54 Å². The van der Waals surface area contributed by atoms with Crippen molar-refractivity contribution >= 4 is 6.01 Å². The fourth-order valence-corrected chi connectivity index (χ4v) is 1.11. The molecule has 0 unspecified atom stereocenters. The van der Waals surface area contributed by atoms with Gasteiger partial charge in [-0.25, -0.2) is 4.58 Å². The van der Waals surface area contributed by atoms with Crippen molar-refractivity contribution in [1.82, 2.24) is 4.90 Å². The molecule has 0 atom stereocenters. The van der Waals surface area contributed by atoms with E-state index in [2.05, 4.69) is 34.6 Å². The molecule has 1 aliphatic heterocycles. The van der Waals surface area contributed by atoms with Crippen molar-refractivity contribution in [1.29, 1.82) is 0 Å². The molecule has 3 heteroatoms. The number of hydrogen-bond donors (Lipinski definition) is 0. The zero-order valence-corrected chi connectivity index (χ0v) is 7.38. The lowest BCUT2D eigenvalue weighted by Gasteiger charge is -2.07. The van der Waals surface area contributed by atoms with E-state index in [-0.39, 0.29) is 0 Å². The first kappa shape index (κ1) is 8.44. The third-order valence-corrected chi connectivity index (χ3v) is 1.73. The largest absolute Gasteiger partial charge is 0.309 e. The van der Waals surface area contributed by atoms with Crippen molar-refractivity contribution in [2.75, 3.05) is 40.3 Å². The molecule has 62 valence electrons. The third kappa shape index (κ3) is 3.30. The lowest BCUT2D eigenvalue weighted by atomic mass is 10.4. The van der Waals surface area contributed by atoms with E-state index >= 15 is 0 Å². The number of rotatable bonds is 4. The normalized spacial score (nSPS) is 16.1. The number of nitrogens with zero attached hydrogens (tertiary/aromatic N) is 3. The Morgan fingerprint density at radius 2 is 2.36 bits per heavy atom. The van der Waals surface area contributed by atoms with Crippen LogP contribution in [-0.2, 0) is 0 Å². The maximum atomic E-state index is 4.02. The quantitative estimate of drug-likeness (QED) is 0.527. The zero-order valence-electron chi connectivity index (χ0n) is 7.38. The van der Waals surface area contributed by atoms with Crippen LogP contribution in [0.1, 0.15) is 6.42 Å². The molecule has 0 amide bonds. The highest BCUT2D eigenvalue weighted by molar-refractivity contribution is 5.35. The molecule has 1 heterocycles. The predicted octanol–water partition coefficient (Wildman–Crippen LogP) is 0.138. The first-order chi connectivity index (χ1) is 5.29. The number of aliphatic imine (C=N–C) groups is 1. The highest BCUT2D eigenvalue weighted by atomic mass is 15.1. The van der Waals surface area contributed by atoms with Crippen LogP contribution >= 0.6 is 0 Å². The summed E-state index contributed by atoms with van der Waals surface area (Å²) in [7, 11) is 4.20. The second kappa shape index (κ2) is 4.27. The van der Waals surface area contributed by atoms with Gasteiger partial charge in [0, 0.05) is 6.54 Å². The van der Waals surface area contributed by atoms with Gasteiger partial charge in [0.2, 0.25) is 0 Å². The van der Waals surface area contributed by atoms with Crippen LogP contribution in [0.15, 0.2) is 4.99 Å². The second-order valence-electron chi connectivity index (χ2n) is 3.13. The summed E-state index contributed by atoms with van der Waals surface area (Å²) < 4.78 is 2.16. The van der Waals surface area contributed by atoms with Crippen molar-refractivity contribution in [3.63, 3.8) is 0 Å². The molecule has 1 aliphatic rings. The molecule has 0 bridgehead atoms.